The maximum atomic E-state index is 12.0. The molecule has 0 spiro atoms. The van der Waals surface area contributed by atoms with Crippen LogP contribution in [0.1, 0.15) is 43.2 Å². The molecule has 1 amide bonds. The number of nitrogens with two attached hydrogens (primary N) is 1. The quantitative estimate of drug-likeness (QED) is 0.798. The van der Waals surface area contributed by atoms with E-state index in [4.69, 9.17) is 5.73 Å². The Bertz CT molecular complexity index is 384. The van der Waals surface area contributed by atoms with E-state index < -0.39 is 0 Å². The van der Waals surface area contributed by atoms with Gasteiger partial charge in [-0.25, -0.2) is 0 Å². The first kappa shape index (κ1) is 13.7. The molecule has 0 saturated heterocycles. The van der Waals surface area contributed by atoms with Gasteiger partial charge < -0.3 is 11.1 Å². The van der Waals surface area contributed by atoms with Gasteiger partial charge in [-0.2, -0.15) is 5.10 Å². The zero-order chi connectivity index (χ0) is 13.0. The number of nitrogens with zero attached hydrogens (tertiary/aromatic N) is 2. The largest absolute Gasteiger partial charge is 0.349 e. The molecule has 1 rings (SSSR count). The lowest BCUT2D eigenvalue weighted by Crippen LogP contribution is -2.36. The molecule has 0 bridgehead atoms. The van der Waals surface area contributed by atoms with Gasteiger partial charge in [-0.1, -0.05) is 6.92 Å². The van der Waals surface area contributed by atoms with Crippen LogP contribution in [0.15, 0.2) is 6.20 Å². The normalized spacial score (nSPS) is 14.4. The summed E-state index contributed by atoms with van der Waals surface area (Å²) in [6.45, 7) is 5.89. The van der Waals surface area contributed by atoms with Crippen molar-refractivity contribution in [2.45, 2.75) is 45.7 Å². The molecule has 2 atom stereocenters. The Labute approximate surface area is 102 Å². The molecule has 17 heavy (non-hydrogen) atoms. The van der Waals surface area contributed by atoms with E-state index in [2.05, 4.69) is 10.4 Å². The highest BCUT2D eigenvalue weighted by molar-refractivity contribution is 5.95. The van der Waals surface area contributed by atoms with Crippen LogP contribution in [0.3, 0.4) is 0 Å². The summed E-state index contributed by atoms with van der Waals surface area (Å²) in [6, 6.07) is 0.164. The molecule has 96 valence electrons. The highest BCUT2D eigenvalue weighted by Crippen LogP contribution is 2.08. The van der Waals surface area contributed by atoms with Gasteiger partial charge in [0, 0.05) is 25.3 Å². The molecule has 1 aromatic heterocycles. The lowest BCUT2D eigenvalue weighted by molar-refractivity contribution is 0.0936. The topological polar surface area (TPSA) is 72.9 Å². The first-order valence-electron chi connectivity index (χ1n) is 6.03. The van der Waals surface area contributed by atoms with Crippen molar-refractivity contribution in [1.82, 2.24) is 15.1 Å². The van der Waals surface area contributed by atoms with Crippen molar-refractivity contribution in [2.24, 2.45) is 12.8 Å². The van der Waals surface area contributed by atoms with Crippen LogP contribution >= 0.6 is 0 Å². The molecule has 0 aliphatic heterocycles. The maximum Gasteiger partial charge on any atom is 0.254 e. The second-order valence-corrected chi connectivity index (χ2v) is 4.60. The molecule has 0 saturated carbocycles. The van der Waals surface area contributed by atoms with E-state index in [0.29, 0.717) is 5.56 Å². The third-order valence-electron chi connectivity index (χ3n) is 2.59. The molecule has 2 unspecified atom stereocenters. The van der Waals surface area contributed by atoms with Crippen LogP contribution in [0.25, 0.3) is 0 Å². The minimum Gasteiger partial charge on any atom is -0.349 e. The molecule has 1 aromatic rings. The van der Waals surface area contributed by atoms with Crippen LogP contribution in [0, 0.1) is 0 Å². The molecule has 0 aromatic carbocycles. The number of aryl methyl sites for hydroxylation is 2. The molecular weight excluding hydrogens is 216 g/mol. The number of carbonyl (C=O) groups is 1. The molecule has 0 fully saturated rings. The average Bonchev–Trinajstić information content (AvgIpc) is 2.58. The predicted molar refractivity (Wildman–Crippen MR) is 67.8 cm³/mol. The summed E-state index contributed by atoms with van der Waals surface area (Å²) < 4.78 is 1.67. The Kier molecular flexibility index (Phi) is 4.69. The lowest BCUT2D eigenvalue weighted by atomic mass is 10.1. The van der Waals surface area contributed by atoms with Crippen molar-refractivity contribution in [3.8, 4) is 0 Å². The molecule has 0 aliphatic rings. The van der Waals surface area contributed by atoms with Gasteiger partial charge in [-0.05, 0) is 26.7 Å². The Hall–Kier alpha value is -1.36. The van der Waals surface area contributed by atoms with E-state index in [1.165, 1.54) is 0 Å². The van der Waals surface area contributed by atoms with E-state index in [1.54, 1.807) is 10.9 Å². The zero-order valence-electron chi connectivity index (χ0n) is 11.0. The van der Waals surface area contributed by atoms with Gasteiger partial charge in [0.1, 0.15) is 0 Å². The fourth-order valence-corrected chi connectivity index (χ4v) is 1.90. The summed E-state index contributed by atoms with van der Waals surface area (Å²) in [6.07, 6.45) is 3.28. The number of hydrogen-bond acceptors (Lipinski definition) is 3. The highest BCUT2D eigenvalue weighted by Gasteiger charge is 2.16. The Morgan fingerprint density at radius 3 is 2.76 bits per heavy atom. The molecule has 5 heteroatoms. The summed E-state index contributed by atoms with van der Waals surface area (Å²) in [7, 11) is 1.82. The van der Waals surface area contributed by atoms with Gasteiger partial charge >= 0.3 is 0 Å². The Balaban J connectivity index is 2.69. The highest BCUT2D eigenvalue weighted by atomic mass is 16.1. The van der Waals surface area contributed by atoms with Crippen LogP contribution in [0.5, 0.6) is 0 Å². The molecule has 5 nitrogen and oxygen atoms in total. The molecule has 1 heterocycles. The van der Waals surface area contributed by atoms with Crippen molar-refractivity contribution in [1.29, 1.82) is 0 Å². The van der Waals surface area contributed by atoms with Crippen molar-refractivity contribution in [3.63, 3.8) is 0 Å². The van der Waals surface area contributed by atoms with Crippen molar-refractivity contribution in [2.75, 3.05) is 0 Å². The number of aromatic nitrogens is 2. The number of amides is 1. The van der Waals surface area contributed by atoms with Crippen LogP contribution in [-0.2, 0) is 13.5 Å². The maximum absolute atomic E-state index is 12.0. The Morgan fingerprint density at radius 2 is 2.24 bits per heavy atom. The third-order valence-corrected chi connectivity index (χ3v) is 2.59. The van der Waals surface area contributed by atoms with E-state index in [1.807, 2.05) is 27.8 Å². The van der Waals surface area contributed by atoms with Crippen LogP contribution in [-0.4, -0.2) is 27.8 Å². The number of rotatable bonds is 5. The number of hydrogen-bond donors (Lipinski definition) is 2. The van der Waals surface area contributed by atoms with Gasteiger partial charge in [-0.15, -0.1) is 0 Å². The summed E-state index contributed by atoms with van der Waals surface area (Å²) in [4.78, 5) is 12.0. The SMILES string of the molecule is CCc1nn(C)cc1C(=O)NC(C)CC(C)N. The first-order chi connectivity index (χ1) is 7.93. The van der Waals surface area contributed by atoms with Gasteiger partial charge in [0.05, 0.1) is 11.3 Å². The zero-order valence-corrected chi connectivity index (χ0v) is 11.0. The second kappa shape index (κ2) is 5.82. The minimum atomic E-state index is -0.0666. The summed E-state index contributed by atoms with van der Waals surface area (Å²) >= 11 is 0. The predicted octanol–water partition coefficient (Wildman–Crippen LogP) is 0.838. The smallest absolute Gasteiger partial charge is 0.254 e. The number of carbonyl (C=O) groups excluding carboxylic acids is 1. The van der Waals surface area contributed by atoms with E-state index in [9.17, 15) is 4.79 Å². The average molecular weight is 238 g/mol. The molecule has 0 aliphatic carbocycles. The van der Waals surface area contributed by atoms with Gasteiger partial charge in [-0.3, -0.25) is 9.48 Å². The van der Waals surface area contributed by atoms with Crippen LogP contribution < -0.4 is 11.1 Å². The van der Waals surface area contributed by atoms with Crippen molar-refractivity contribution < 1.29 is 4.79 Å². The fraction of sp³-hybridized carbons (Fsp3) is 0.667. The van der Waals surface area contributed by atoms with Gasteiger partial charge in [0.25, 0.3) is 5.91 Å². The van der Waals surface area contributed by atoms with Gasteiger partial charge in [0.15, 0.2) is 0 Å². The van der Waals surface area contributed by atoms with E-state index in [0.717, 1.165) is 18.5 Å². The second-order valence-electron chi connectivity index (χ2n) is 4.60. The first-order valence-corrected chi connectivity index (χ1v) is 6.03. The standard InChI is InChI=1S/C12H22N4O/c1-5-11-10(7-16(4)15-11)12(17)14-9(3)6-8(2)13/h7-9H,5-6,13H2,1-4H3,(H,14,17). The van der Waals surface area contributed by atoms with E-state index >= 15 is 0 Å². The van der Waals surface area contributed by atoms with Crippen LogP contribution in [0.2, 0.25) is 0 Å². The van der Waals surface area contributed by atoms with Gasteiger partial charge in [0.2, 0.25) is 0 Å². The molecule has 3 N–H and O–H groups in total. The van der Waals surface area contributed by atoms with E-state index in [-0.39, 0.29) is 18.0 Å². The molecule has 0 radical (unpaired) electrons. The lowest BCUT2D eigenvalue weighted by Gasteiger charge is -2.15. The summed E-state index contributed by atoms with van der Waals surface area (Å²) in [5, 5.41) is 7.19. The van der Waals surface area contributed by atoms with Crippen LogP contribution in [0.4, 0.5) is 0 Å². The Morgan fingerprint density at radius 1 is 1.59 bits per heavy atom. The fourth-order valence-electron chi connectivity index (χ4n) is 1.90. The van der Waals surface area contributed by atoms with Crippen molar-refractivity contribution >= 4 is 5.91 Å². The summed E-state index contributed by atoms with van der Waals surface area (Å²) in [5.74, 6) is -0.0666. The minimum absolute atomic E-state index is 0.0666. The molecular formula is C12H22N4O. The third kappa shape index (κ3) is 3.85. The number of nitrogens with one attached hydrogen (secondary N) is 1. The monoisotopic (exact) mass is 238 g/mol. The summed E-state index contributed by atoms with van der Waals surface area (Å²) in [5.41, 5.74) is 7.19. The van der Waals surface area contributed by atoms with Crippen molar-refractivity contribution in [3.05, 3.63) is 17.5 Å².